The Bertz CT molecular complexity index is 833. The first-order valence-electron chi connectivity index (χ1n) is 11.4. The summed E-state index contributed by atoms with van der Waals surface area (Å²) in [6.07, 6.45) is 3.57. The number of rotatable bonds is 5. The van der Waals surface area contributed by atoms with Crippen LogP contribution < -0.4 is 10.6 Å². The molecule has 0 spiro atoms. The van der Waals surface area contributed by atoms with Crippen molar-refractivity contribution >= 4 is 26.3 Å². The number of benzene rings is 2. The second-order valence-corrected chi connectivity index (χ2v) is 15.7. The highest BCUT2D eigenvalue weighted by Gasteiger charge is 2.51. The van der Waals surface area contributed by atoms with Crippen molar-refractivity contribution in [3.05, 3.63) is 58.7 Å². The standard InChI is InChI=1S/C27H39OP2/c1-18-12-19(2)15-23(14-18)29(24-16-20(3)13-21(4)17-24)22(5)25-10-9-11-26(25)30(28)27(6,7)8/h12-17,22,25-26H,9-11H2,1-8H3/q+1. The van der Waals surface area contributed by atoms with Gasteiger partial charge in [-0.3, -0.25) is 0 Å². The molecule has 1 aliphatic carbocycles. The molecule has 1 aliphatic rings. The molecule has 0 amide bonds. The molecule has 3 heteroatoms. The second-order valence-electron chi connectivity index (χ2n) is 10.5. The Morgan fingerprint density at radius 2 is 1.27 bits per heavy atom. The molecule has 2 aromatic rings. The predicted octanol–water partition coefficient (Wildman–Crippen LogP) is 7.54. The molecule has 4 atom stereocenters. The second kappa shape index (κ2) is 9.22. The fraction of sp³-hybridized carbons (Fsp3) is 0.556. The third-order valence-corrected chi connectivity index (χ3v) is 11.9. The third-order valence-electron chi connectivity index (χ3n) is 6.49. The molecule has 2 aromatic carbocycles. The van der Waals surface area contributed by atoms with Crippen LogP contribution in [-0.2, 0) is 4.57 Å². The van der Waals surface area contributed by atoms with Crippen LogP contribution in [0, 0.1) is 33.6 Å². The van der Waals surface area contributed by atoms with Crippen LogP contribution in [0.25, 0.3) is 0 Å². The molecule has 0 bridgehead atoms. The van der Waals surface area contributed by atoms with Crippen molar-refractivity contribution in [2.24, 2.45) is 5.92 Å². The molecule has 4 unspecified atom stereocenters. The van der Waals surface area contributed by atoms with E-state index in [4.69, 9.17) is 0 Å². The average Bonchev–Trinajstić information content (AvgIpc) is 3.08. The fourth-order valence-electron chi connectivity index (χ4n) is 5.31. The minimum Gasteiger partial charge on any atom is -0.0739 e. The zero-order chi connectivity index (χ0) is 22.2. The predicted molar refractivity (Wildman–Crippen MR) is 136 cm³/mol. The Balaban J connectivity index is 2.08. The van der Waals surface area contributed by atoms with Crippen LogP contribution in [0.1, 0.15) is 69.2 Å². The van der Waals surface area contributed by atoms with Gasteiger partial charge in [0, 0.05) is 5.92 Å². The van der Waals surface area contributed by atoms with Gasteiger partial charge in [-0.25, -0.2) is 0 Å². The molecule has 3 rings (SSSR count). The summed E-state index contributed by atoms with van der Waals surface area (Å²) >= 11 is 0. The summed E-state index contributed by atoms with van der Waals surface area (Å²) < 4.78 is 13.4. The minimum absolute atomic E-state index is 0.106. The van der Waals surface area contributed by atoms with Crippen LogP contribution in [0.3, 0.4) is 0 Å². The summed E-state index contributed by atoms with van der Waals surface area (Å²) in [5.74, 6) is 0.542. The lowest BCUT2D eigenvalue weighted by Crippen LogP contribution is -2.31. The van der Waals surface area contributed by atoms with Crippen molar-refractivity contribution in [2.75, 3.05) is 0 Å². The fourth-order valence-corrected chi connectivity index (χ4v) is 11.0. The van der Waals surface area contributed by atoms with Gasteiger partial charge in [-0.1, -0.05) is 70.1 Å². The van der Waals surface area contributed by atoms with E-state index in [1.54, 1.807) is 0 Å². The highest BCUT2D eigenvalue weighted by molar-refractivity contribution is 7.73. The third kappa shape index (κ3) is 5.23. The van der Waals surface area contributed by atoms with E-state index in [9.17, 15) is 4.57 Å². The van der Waals surface area contributed by atoms with Crippen LogP contribution in [0.2, 0.25) is 0 Å². The van der Waals surface area contributed by atoms with Gasteiger partial charge < -0.3 is 0 Å². The molecule has 0 N–H and O–H groups in total. The smallest absolute Gasteiger partial charge is 0.0739 e. The molecular formula is C27H39OP2+. The molecule has 0 aliphatic heterocycles. The van der Waals surface area contributed by atoms with Crippen molar-refractivity contribution in [1.29, 1.82) is 0 Å². The summed E-state index contributed by atoms with van der Waals surface area (Å²) in [6.45, 7) is 17.8. The quantitative estimate of drug-likeness (QED) is 0.438. The number of hydrogen-bond acceptors (Lipinski definition) is 1. The lowest BCUT2D eigenvalue weighted by Gasteiger charge is -2.32. The number of aryl methyl sites for hydroxylation is 4. The highest BCUT2D eigenvalue weighted by atomic mass is 31.1. The molecule has 0 aromatic heterocycles. The van der Waals surface area contributed by atoms with Crippen molar-refractivity contribution in [1.82, 2.24) is 0 Å². The van der Waals surface area contributed by atoms with Crippen LogP contribution in [-0.4, -0.2) is 16.5 Å². The van der Waals surface area contributed by atoms with Gasteiger partial charge in [-0.05, 0) is 91.9 Å². The van der Waals surface area contributed by atoms with E-state index in [2.05, 4.69) is 91.8 Å². The Morgan fingerprint density at radius 1 is 0.833 bits per heavy atom. The van der Waals surface area contributed by atoms with Gasteiger partial charge in [0.25, 0.3) is 0 Å². The average molecular weight is 442 g/mol. The summed E-state index contributed by atoms with van der Waals surface area (Å²) in [6, 6.07) is 14.2. The first-order valence-corrected chi connectivity index (χ1v) is 14.1. The molecule has 0 heterocycles. The van der Waals surface area contributed by atoms with E-state index in [1.165, 1.54) is 45.7 Å². The molecule has 0 saturated heterocycles. The monoisotopic (exact) mass is 441 g/mol. The van der Waals surface area contributed by atoms with Gasteiger partial charge in [0.2, 0.25) is 0 Å². The van der Waals surface area contributed by atoms with Gasteiger partial charge in [0.1, 0.15) is 0 Å². The van der Waals surface area contributed by atoms with Gasteiger partial charge in [0.15, 0.2) is 10.8 Å². The van der Waals surface area contributed by atoms with E-state index in [-0.39, 0.29) is 5.16 Å². The first-order chi connectivity index (χ1) is 14.0. The first kappa shape index (κ1) is 23.6. The summed E-state index contributed by atoms with van der Waals surface area (Å²) in [7, 11) is -1.73. The molecular weight excluding hydrogens is 402 g/mol. The van der Waals surface area contributed by atoms with Gasteiger partial charge in [0.05, 0.1) is 0 Å². The molecule has 1 fully saturated rings. The Morgan fingerprint density at radius 3 is 1.67 bits per heavy atom. The topological polar surface area (TPSA) is 17.1 Å². The van der Waals surface area contributed by atoms with E-state index in [0.29, 0.717) is 17.2 Å². The maximum absolute atomic E-state index is 13.4. The zero-order valence-corrected chi connectivity index (χ0v) is 21.9. The van der Waals surface area contributed by atoms with Gasteiger partial charge >= 0.3 is 7.80 Å². The molecule has 30 heavy (non-hydrogen) atoms. The molecule has 1 nitrogen and oxygen atoms in total. The summed E-state index contributed by atoms with van der Waals surface area (Å²) in [4.78, 5) is 0. The summed E-state index contributed by atoms with van der Waals surface area (Å²) in [5, 5.41) is 2.86. The van der Waals surface area contributed by atoms with Gasteiger partial charge in [-0.15, -0.1) is 0 Å². The SMILES string of the molecule is Cc1cc(C)cc(P(c2cc(C)cc(C)c2)C(C)C2CCCC2[P+](=O)C(C)(C)C)c1. The lowest BCUT2D eigenvalue weighted by atomic mass is 10.0. The number of hydrogen-bond donors (Lipinski definition) is 0. The minimum atomic E-state index is -1.22. The summed E-state index contributed by atoms with van der Waals surface area (Å²) in [5.41, 5.74) is 6.26. The lowest BCUT2D eigenvalue weighted by molar-refractivity contribution is 0.504. The zero-order valence-electron chi connectivity index (χ0n) is 20.1. The molecule has 0 radical (unpaired) electrons. The molecule has 1 saturated carbocycles. The van der Waals surface area contributed by atoms with Crippen LogP contribution in [0.4, 0.5) is 0 Å². The van der Waals surface area contributed by atoms with Crippen molar-refractivity contribution in [3.8, 4) is 0 Å². The van der Waals surface area contributed by atoms with Crippen molar-refractivity contribution < 1.29 is 4.57 Å². The molecule has 162 valence electrons. The normalized spacial score (nSPS) is 21.2. The van der Waals surface area contributed by atoms with E-state index >= 15 is 0 Å². The van der Waals surface area contributed by atoms with Crippen molar-refractivity contribution in [2.45, 2.75) is 91.1 Å². The highest BCUT2D eigenvalue weighted by Crippen LogP contribution is 2.57. The Hall–Kier alpha value is -1.03. The van der Waals surface area contributed by atoms with Crippen LogP contribution in [0.15, 0.2) is 36.4 Å². The van der Waals surface area contributed by atoms with E-state index in [1.807, 2.05) is 0 Å². The largest absolute Gasteiger partial charge is 0.347 e. The maximum atomic E-state index is 13.4. The maximum Gasteiger partial charge on any atom is 0.347 e. The van der Waals surface area contributed by atoms with Crippen molar-refractivity contribution in [3.63, 3.8) is 0 Å². The van der Waals surface area contributed by atoms with E-state index < -0.39 is 15.7 Å². The van der Waals surface area contributed by atoms with Gasteiger partial charge in [-0.2, -0.15) is 0 Å². The Labute approximate surface area is 186 Å². The Kier molecular flexibility index (Phi) is 7.26. The van der Waals surface area contributed by atoms with Crippen LogP contribution >= 0.6 is 15.7 Å². The van der Waals surface area contributed by atoms with Crippen LogP contribution in [0.5, 0.6) is 0 Å². The van der Waals surface area contributed by atoms with E-state index in [0.717, 1.165) is 6.42 Å².